The maximum Gasteiger partial charge on any atom is 0.145 e. The summed E-state index contributed by atoms with van der Waals surface area (Å²) >= 11 is 0. The van der Waals surface area contributed by atoms with Crippen molar-refractivity contribution in [2.45, 2.75) is 18.9 Å². The van der Waals surface area contributed by atoms with Gasteiger partial charge in [0.25, 0.3) is 0 Å². The minimum atomic E-state index is -0.493. The average Bonchev–Trinajstić information content (AvgIpc) is 3.35. The van der Waals surface area contributed by atoms with Gasteiger partial charge in [-0.25, -0.2) is 4.98 Å². The number of methoxy groups -OCH3 is 1. The van der Waals surface area contributed by atoms with E-state index in [2.05, 4.69) is 9.97 Å². The third-order valence-corrected chi connectivity index (χ3v) is 5.93. The lowest BCUT2D eigenvalue weighted by Gasteiger charge is -2.27. The first-order valence-corrected chi connectivity index (χ1v) is 10.7. The second kappa shape index (κ2) is 8.35. The van der Waals surface area contributed by atoms with E-state index in [1.54, 1.807) is 17.0 Å². The number of para-hydroxylation sites is 2. The van der Waals surface area contributed by atoms with Crippen LogP contribution >= 0.6 is 0 Å². The molecule has 1 atom stereocenters. The molecule has 7 heteroatoms. The zero-order chi connectivity index (χ0) is 22.9. The lowest BCUT2D eigenvalue weighted by molar-refractivity contribution is 0.368. The molecule has 0 aliphatic carbocycles. The number of hydrogen-bond acceptors (Lipinski definition) is 5. The minimum Gasteiger partial charge on any atom is -0.509 e. The van der Waals surface area contributed by atoms with Gasteiger partial charge in [0.05, 0.1) is 35.4 Å². The zero-order valence-electron chi connectivity index (χ0n) is 18.1. The summed E-state index contributed by atoms with van der Waals surface area (Å²) in [5, 5.41) is 30.6. The Labute approximate surface area is 191 Å². The van der Waals surface area contributed by atoms with Gasteiger partial charge in [-0.1, -0.05) is 42.5 Å². The van der Waals surface area contributed by atoms with Crippen LogP contribution in [0.25, 0.3) is 16.6 Å². The van der Waals surface area contributed by atoms with Gasteiger partial charge < -0.3 is 24.8 Å². The average molecular weight is 441 g/mol. The number of anilines is 1. The van der Waals surface area contributed by atoms with Crippen LogP contribution in [0.1, 0.15) is 17.8 Å². The van der Waals surface area contributed by atoms with Gasteiger partial charge in [-0.15, -0.1) is 0 Å². The van der Waals surface area contributed by atoms with Crippen LogP contribution in [0.15, 0.2) is 78.6 Å². The van der Waals surface area contributed by atoms with E-state index >= 15 is 0 Å². The summed E-state index contributed by atoms with van der Waals surface area (Å²) in [6, 6.07) is 22.0. The molecule has 1 aliphatic rings. The topological polar surface area (TPSA) is 105 Å². The number of phenols is 1. The number of aromatic hydroxyl groups is 1. The summed E-state index contributed by atoms with van der Waals surface area (Å²) in [5.41, 5.74) is 3.65. The summed E-state index contributed by atoms with van der Waals surface area (Å²) in [5.74, 6) is 1.12. The molecule has 1 unspecified atom stereocenters. The summed E-state index contributed by atoms with van der Waals surface area (Å²) < 4.78 is 5.32. The highest BCUT2D eigenvalue weighted by atomic mass is 16.5. The summed E-state index contributed by atoms with van der Waals surface area (Å²) in [6.07, 6.45) is 1.28. The first-order valence-electron chi connectivity index (χ1n) is 10.7. The van der Waals surface area contributed by atoms with E-state index in [0.29, 0.717) is 35.7 Å². The van der Waals surface area contributed by atoms with Crippen molar-refractivity contribution in [2.24, 2.45) is 0 Å². The van der Waals surface area contributed by atoms with Crippen LogP contribution < -0.4 is 9.64 Å². The molecule has 33 heavy (non-hydrogen) atoms. The molecule has 4 aromatic rings. The number of aryl methyl sites for hydroxylation is 1. The van der Waals surface area contributed by atoms with Gasteiger partial charge >= 0.3 is 0 Å². The second-order valence-corrected chi connectivity index (χ2v) is 8.01. The van der Waals surface area contributed by atoms with Gasteiger partial charge in [-0.3, -0.25) is 5.41 Å². The van der Waals surface area contributed by atoms with Crippen LogP contribution in [0.3, 0.4) is 0 Å². The number of benzene rings is 3. The molecular weight excluding hydrogens is 416 g/mol. The van der Waals surface area contributed by atoms with E-state index in [1.165, 1.54) is 13.2 Å². The van der Waals surface area contributed by atoms with E-state index in [-0.39, 0.29) is 17.3 Å². The van der Waals surface area contributed by atoms with Crippen molar-refractivity contribution in [3.05, 3.63) is 89.9 Å². The molecule has 0 fully saturated rings. The Bertz CT molecular complexity index is 1330. The lowest BCUT2D eigenvalue weighted by atomic mass is 10.0. The third-order valence-electron chi connectivity index (χ3n) is 5.93. The Balaban J connectivity index is 1.58. The van der Waals surface area contributed by atoms with E-state index in [0.717, 1.165) is 16.6 Å². The van der Waals surface area contributed by atoms with Crippen molar-refractivity contribution < 1.29 is 14.9 Å². The molecule has 0 saturated carbocycles. The van der Waals surface area contributed by atoms with Crippen molar-refractivity contribution in [1.29, 1.82) is 5.41 Å². The number of phenolic OH excluding ortho intramolecular Hbond substituents is 1. The number of aliphatic hydroxyl groups is 1. The molecule has 0 radical (unpaired) electrons. The van der Waals surface area contributed by atoms with E-state index < -0.39 is 6.04 Å². The number of amidine groups is 1. The van der Waals surface area contributed by atoms with Crippen LogP contribution in [0.4, 0.5) is 5.69 Å². The molecule has 166 valence electrons. The standard InChI is InChI=1S/C26H24N4O3/c1-33-19-14-17(13-18(31)15-19)30-22(12-11-16-7-3-2-4-8-16)24(32)23(25(30)27)26-28-20-9-5-6-10-21(20)29-26/h2-10,13-15,22,27,31-32H,11-12H2,1H3,(H,28,29). The van der Waals surface area contributed by atoms with Crippen LogP contribution in [0.2, 0.25) is 0 Å². The Hall–Kier alpha value is -4.26. The fourth-order valence-electron chi connectivity index (χ4n) is 4.34. The Morgan fingerprint density at radius 3 is 2.55 bits per heavy atom. The molecule has 1 aliphatic heterocycles. The molecule has 7 nitrogen and oxygen atoms in total. The predicted molar refractivity (Wildman–Crippen MR) is 129 cm³/mol. The predicted octanol–water partition coefficient (Wildman–Crippen LogP) is 5.05. The summed E-state index contributed by atoms with van der Waals surface area (Å²) in [4.78, 5) is 9.57. The van der Waals surface area contributed by atoms with Crippen LogP contribution in [-0.2, 0) is 6.42 Å². The van der Waals surface area contributed by atoms with Crippen molar-refractivity contribution in [2.75, 3.05) is 12.0 Å². The van der Waals surface area contributed by atoms with Crippen LogP contribution in [0.5, 0.6) is 11.5 Å². The summed E-state index contributed by atoms with van der Waals surface area (Å²) in [6.45, 7) is 0. The van der Waals surface area contributed by atoms with Gasteiger partial charge in [0.1, 0.15) is 28.9 Å². The van der Waals surface area contributed by atoms with Gasteiger partial charge in [-0.05, 0) is 30.5 Å². The van der Waals surface area contributed by atoms with Gasteiger partial charge in [-0.2, -0.15) is 0 Å². The van der Waals surface area contributed by atoms with Crippen LogP contribution in [0, 0.1) is 5.41 Å². The maximum absolute atomic E-state index is 11.3. The quantitative estimate of drug-likeness (QED) is 0.336. The first kappa shape index (κ1) is 20.6. The number of H-pyrrole nitrogens is 1. The zero-order valence-corrected chi connectivity index (χ0v) is 18.1. The Morgan fingerprint density at radius 2 is 1.79 bits per heavy atom. The number of fused-ring (bicyclic) bond motifs is 1. The molecule has 1 aromatic heterocycles. The summed E-state index contributed by atoms with van der Waals surface area (Å²) in [7, 11) is 1.52. The molecule has 0 spiro atoms. The molecule has 0 bridgehead atoms. The number of aromatic amines is 1. The van der Waals surface area contributed by atoms with E-state index in [9.17, 15) is 10.2 Å². The SMILES string of the molecule is COc1cc(O)cc(N2C(=N)C(c3nc4ccccc4[nH]3)=C(O)C2CCc2ccccc2)c1. The van der Waals surface area contributed by atoms with Crippen molar-refractivity contribution in [1.82, 2.24) is 9.97 Å². The highest BCUT2D eigenvalue weighted by molar-refractivity contribution is 6.31. The molecular formula is C26H24N4O3. The number of nitrogens with one attached hydrogen (secondary N) is 2. The van der Waals surface area contributed by atoms with E-state index in [1.807, 2.05) is 54.6 Å². The molecule has 2 heterocycles. The van der Waals surface area contributed by atoms with Crippen molar-refractivity contribution in [3.63, 3.8) is 0 Å². The second-order valence-electron chi connectivity index (χ2n) is 8.01. The maximum atomic E-state index is 11.3. The Kier molecular flexibility index (Phi) is 5.22. The number of ether oxygens (including phenoxy) is 1. The molecule has 0 saturated heterocycles. The normalized spacial score (nSPS) is 16.1. The van der Waals surface area contributed by atoms with Gasteiger partial charge in [0.15, 0.2) is 0 Å². The van der Waals surface area contributed by atoms with Crippen molar-refractivity contribution in [3.8, 4) is 11.5 Å². The molecule has 5 rings (SSSR count). The molecule has 4 N–H and O–H groups in total. The third kappa shape index (κ3) is 3.78. The highest BCUT2D eigenvalue weighted by Gasteiger charge is 2.40. The van der Waals surface area contributed by atoms with Crippen LogP contribution in [-0.4, -0.2) is 39.2 Å². The van der Waals surface area contributed by atoms with Crippen molar-refractivity contribution >= 4 is 28.1 Å². The number of aliphatic hydroxyl groups excluding tert-OH is 1. The van der Waals surface area contributed by atoms with Gasteiger partial charge in [0, 0.05) is 18.2 Å². The molecule has 3 aromatic carbocycles. The number of imidazole rings is 1. The lowest BCUT2D eigenvalue weighted by Crippen LogP contribution is -2.35. The largest absolute Gasteiger partial charge is 0.509 e. The van der Waals surface area contributed by atoms with E-state index in [4.69, 9.17) is 10.1 Å². The number of nitrogens with zero attached hydrogens (tertiary/aromatic N) is 2. The smallest absolute Gasteiger partial charge is 0.145 e. The number of hydrogen-bond donors (Lipinski definition) is 4. The minimum absolute atomic E-state index is 0.0237. The Morgan fingerprint density at radius 1 is 1.03 bits per heavy atom. The van der Waals surface area contributed by atoms with Gasteiger partial charge in [0.2, 0.25) is 0 Å². The fourth-order valence-corrected chi connectivity index (χ4v) is 4.34. The number of aromatic nitrogens is 2. The first-order chi connectivity index (χ1) is 16.0. The molecule has 0 amide bonds. The monoisotopic (exact) mass is 440 g/mol. The number of rotatable bonds is 6. The highest BCUT2D eigenvalue weighted by Crippen LogP contribution is 2.39. The fraction of sp³-hybridized carbons (Fsp3) is 0.154.